The molecule has 4 N–H and O–H groups in total. The van der Waals surface area contributed by atoms with Gasteiger partial charge in [0.15, 0.2) is 10.8 Å². The normalized spacial score (nSPS) is 20.0. The van der Waals surface area contributed by atoms with Crippen LogP contribution in [0.2, 0.25) is 0 Å². The van der Waals surface area contributed by atoms with Crippen LogP contribution in [0.5, 0.6) is 0 Å². The third-order valence-electron chi connectivity index (χ3n) is 3.95. The molecule has 0 heterocycles. The number of rotatable bonds is 4. The highest BCUT2D eigenvalue weighted by Crippen LogP contribution is 2.54. The van der Waals surface area contributed by atoms with Crippen LogP contribution in [0, 0.1) is 10.8 Å². The topological polar surface area (TPSA) is 149 Å². The Kier molecular flexibility index (Phi) is 5.08. The maximum Gasteiger partial charge on any atom is 0.322 e. The Bertz CT molecular complexity index is 481. The van der Waals surface area contributed by atoms with E-state index in [2.05, 4.69) is 24.3 Å². The van der Waals surface area contributed by atoms with Crippen LogP contribution in [0.4, 0.5) is 0 Å². The fourth-order valence-electron chi connectivity index (χ4n) is 2.78. The molecule has 8 nitrogen and oxygen atoms in total. The Morgan fingerprint density at radius 1 is 0.682 bits per heavy atom. The van der Waals surface area contributed by atoms with Gasteiger partial charge in [-0.05, 0) is 25.7 Å². The average Bonchev–Trinajstić information content (AvgIpc) is 3.10. The van der Waals surface area contributed by atoms with E-state index in [9.17, 15) is 19.2 Å². The summed E-state index contributed by atoms with van der Waals surface area (Å²) in [5, 5.41) is 35.8. The van der Waals surface area contributed by atoms with E-state index in [1.807, 2.05) is 0 Å². The van der Waals surface area contributed by atoms with Crippen LogP contribution in [0.3, 0.4) is 0 Å². The quantitative estimate of drug-likeness (QED) is 0.561. The van der Waals surface area contributed by atoms with Crippen molar-refractivity contribution in [3.05, 3.63) is 24.3 Å². The molecule has 1 saturated carbocycles. The summed E-state index contributed by atoms with van der Waals surface area (Å²) in [4.78, 5) is 44.3. The molecule has 120 valence electrons. The van der Waals surface area contributed by atoms with Crippen molar-refractivity contribution >= 4 is 23.9 Å². The van der Waals surface area contributed by atoms with Crippen molar-refractivity contribution < 1.29 is 39.6 Å². The lowest BCUT2D eigenvalue weighted by Gasteiger charge is -2.32. The van der Waals surface area contributed by atoms with E-state index in [0.29, 0.717) is 0 Å². The van der Waals surface area contributed by atoms with Gasteiger partial charge in [0.2, 0.25) is 0 Å². The third kappa shape index (κ3) is 2.47. The molecule has 2 aliphatic rings. The fraction of sp³-hybridized carbons (Fsp3) is 0.429. The van der Waals surface area contributed by atoms with E-state index in [4.69, 9.17) is 20.4 Å². The Balaban J connectivity index is 0.000000406. The van der Waals surface area contributed by atoms with E-state index in [1.165, 1.54) is 0 Å². The summed E-state index contributed by atoms with van der Waals surface area (Å²) in [6.45, 7) is 0. The van der Waals surface area contributed by atoms with Crippen LogP contribution < -0.4 is 0 Å². The predicted molar refractivity (Wildman–Crippen MR) is 72.2 cm³/mol. The molecule has 0 saturated heterocycles. The second-order valence-electron chi connectivity index (χ2n) is 4.98. The molecule has 0 aromatic carbocycles. The first-order valence-corrected chi connectivity index (χ1v) is 6.48. The van der Waals surface area contributed by atoms with Gasteiger partial charge in [0.25, 0.3) is 0 Å². The van der Waals surface area contributed by atoms with Gasteiger partial charge in [-0.25, -0.2) is 0 Å². The molecule has 0 bridgehead atoms. The zero-order chi connectivity index (χ0) is 17.0. The molecular weight excluding hydrogens is 296 g/mol. The van der Waals surface area contributed by atoms with Crippen LogP contribution in [-0.2, 0) is 19.2 Å². The fourth-order valence-corrected chi connectivity index (χ4v) is 2.78. The van der Waals surface area contributed by atoms with E-state index < -0.39 is 47.5 Å². The molecule has 22 heavy (non-hydrogen) atoms. The number of allylic oxidation sites excluding steroid dienone is 4. The molecule has 0 aromatic rings. The van der Waals surface area contributed by atoms with Gasteiger partial charge in [0.1, 0.15) is 0 Å². The Labute approximate surface area is 125 Å². The van der Waals surface area contributed by atoms with Crippen LogP contribution >= 0.6 is 0 Å². The summed E-state index contributed by atoms with van der Waals surface area (Å²) in [6.07, 6.45) is 8.38. The van der Waals surface area contributed by atoms with E-state index >= 15 is 0 Å². The molecule has 1 fully saturated rings. The van der Waals surface area contributed by atoms with E-state index in [0.717, 1.165) is 6.42 Å². The van der Waals surface area contributed by atoms with Crippen molar-refractivity contribution in [2.24, 2.45) is 10.8 Å². The summed E-state index contributed by atoms with van der Waals surface area (Å²) in [7, 11) is 0. The number of carbonyl (C=O) groups is 4. The van der Waals surface area contributed by atoms with Crippen molar-refractivity contribution in [1.29, 1.82) is 0 Å². The van der Waals surface area contributed by atoms with Crippen molar-refractivity contribution in [2.45, 2.75) is 25.7 Å². The summed E-state index contributed by atoms with van der Waals surface area (Å²) in [6, 6.07) is 0. The number of aliphatic carboxylic acids is 4. The van der Waals surface area contributed by atoms with Gasteiger partial charge < -0.3 is 20.4 Å². The maximum atomic E-state index is 11.1. The molecule has 0 radical (unpaired) electrons. The van der Waals surface area contributed by atoms with Crippen molar-refractivity contribution in [2.75, 3.05) is 0 Å². The van der Waals surface area contributed by atoms with Gasteiger partial charge in [-0.3, -0.25) is 19.2 Å². The third-order valence-corrected chi connectivity index (χ3v) is 3.95. The van der Waals surface area contributed by atoms with Gasteiger partial charge in [-0.1, -0.05) is 24.3 Å². The van der Waals surface area contributed by atoms with Crippen molar-refractivity contribution in [3.63, 3.8) is 0 Å². The second kappa shape index (κ2) is 6.42. The highest BCUT2D eigenvalue weighted by Gasteiger charge is 2.73. The minimum Gasteiger partial charge on any atom is -0.480 e. The predicted octanol–water partition coefficient (Wildman–Crippen LogP) is 0.984. The molecule has 8 heteroatoms. The first-order valence-electron chi connectivity index (χ1n) is 6.48. The lowest BCUT2D eigenvalue weighted by Crippen LogP contribution is -2.57. The molecular formula is C14H16O8. The van der Waals surface area contributed by atoms with E-state index in [1.54, 1.807) is 0 Å². The van der Waals surface area contributed by atoms with Crippen molar-refractivity contribution in [3.8, 4) is 0 Å². The minimum absolute atomic E-state index is 0.0861. The minimum atomic E-state index is -2.81. The molecule has 0 aliphatic heterocycles. The number of carboxylic acid groups (broad SMARTS) is 4. The number of carboxylic acids is 4. The molecule has 0 amide bonds. The SMILES string of the molecule is C1=CCC=C1.O=C(O)C1(C(=O)O)CCCC1(C(=O)O)C(=O)O. The molecule has 2 rings (SSSR count). The monoisotopic (exact) mass is 312 g/mol. The van der Waals surface area contributed by atoms with Gasteiger partial charge in [-0.15, -0.1) is 0 Å². The lowest BCUT2D eigenvalue weighted by atomic mass is 9.65. The van der Waals surface area contributed by atoms with Crippen molar-refractivity contribution in [1.82, 2.24) is 0 Å². The highest BCUT2D eigenvalue weighted by molar-refractivity contribution is 6.13. The standard InChI is InChI=1S/C9H10O8.C5H6/c10-4(11)8(5(12)13)2-1-3-9(8,6(14)15)7(16)17;1-2-4-5-3-1/h1-3H2,(H,10,11)(H,12,13)(H,14,15)(H,16,17);1-4H,5H2. The Morgan fingerprint density at radius 2 is 1.00 bits per heavy atom. The molecule has 0 spiro atoms. The zero-order valence-corrected chi connectivity index (χ0v) is 11.6. The lowest BCUT2D eigenvalue weighted by molar-refractivity contribution is -0.191. The van der Waals surface area contributed by atoms with Gasteiger partial charge in [0, 0.05) is 0 Å². The summed E-state index contributed by atoms with van der Waals surface area (Å²) >= 11 is 0. The maximum absolute atomic E-state index is 11.1. The van der Waals surface area contributed by atoms with Gasteiger partial charge >= 0.3 is 23.9 Å². The molecule has 0 unspecified atom stereocenters. The van der Waals surface area contributed by atoms with Crippen LogP contribution in [0.1, 0.15) is 25.7 Å². The smallest absolute Gasteiger partial charge is 0.322 e. The first-order chi connectivity index (χ1) is 10.2. The molecule has 0 aromatic heterocycles. The highest BCUT2D eigenvalue weighted by atomic mass is 16.4. The summed E-state index contributed by atoms with van der Waals surface area (Å²) in [5.41, 5.74) is -5.63. The first kappa shape index (κ1) is 17.4. The molecule has 2 aliphatic carbocycles. The summed E-state index contributed by atoms with van der Waals surface area (Å²) in [5.74, 6) is -7.75. The van der Waals surface area contributed by atoms with Gasteiger partial charge in [0.05, 0.1) is 0 Å². The second-order valence-corrected chi connectivity index (χ2v) is 4.98. The van der Waals surface area contributed by atoms with Crippen LogP contribution in [-0.4, -0.2) is 44.3 Å². The number of hydrogen-bond acceptors (Lipinski definition) is 4. The van der Waals surface area contributed by atoms with Gasteiger partial charge in [-0.2, -0.15) is 0 Å². The van der Waals surface area contributed by atoms with Crippen LogP contribution in [0.25, 0.3) is 0 Å². The Morgan fingerprint density at radius 3 is 1.18 bits per heavy atom. The Hall–Kier alpha value is -2.64. The zero-order valence-electron chi connectivity index (χ0n) is 11.6. The average molecular weight is 312 g/mol. The van der Waals surface area contributed by atoms with Crippen LogP contribution in [0.15, 0.2) is 24.3 Å². The number of hydrogen-bond donors (Lipinski definition) is 4. The van der Waals surface area contributed by atoms with E-state index in [-0.39, 0.29) is 6.42 Å². The molecule has 0 atom stereocenters. The largest absolute Gasteiger partial charge is 0.480 e. The summed E-state index contributed by atoms with van der Waals surface area (Å²) < 4.78 is 0.